The molecule has 0 saturated carbocycles. The van der Waals surface area contributed by atoms with Crippen LogP contribution in [-0.2, 0) is 16.1 Å². The second kappa shape index (κ2) is 8.09. The average molecular weight is 342 g/mol. The highest BCUT2D eigenvalue weighted by Gasteiger charge is 2.31. The number of hydrogen-bond acceptors (Lipinski definition) is 5. The summed E-state index contributed by atoms with van der Waals surface area (Å²) in [5.41, 5.74) is 1.63. The number of rotatable bonds is 6. The molecule has 6 heteroatoms. The number of aliphatic carboxylic acids is 1. The molecule has 1 atom stereocenters. The lowest BCUT2D eigenvalue weighted by Gasteiger charge is -2.35. The molecule has 1 aromatic carbocycles. The molecular formula is C19H22N2O4. The Labute approximate surface area is 146 Å². The van der Waals surface area contributed by atoms with Crippen molar-refractivity contribution in [2.45, 2.75) is 31.6 Å². The van der Waals surface area contributed by atoms with Crippen LogP contribution in [0.1, 0.15) is 30.0 Å². The van der Waals surface area contributed by atoms with Crippen molar-refractivity contribution >= 4 is 5.97 Å². The molecule has 25 heavy (non-hydrogen) atoms. The lowest BCUT2D eigenvalue weighted by Crippen LogP contribution is -2.42. The predicted octanol–water partition coefficient (Wildman–Crippen LogP) is 2.59. The molecule has 1 aliphatic rings. The number of phenols is 1. The summed E-state index contributed by atoms with van der Waals surface area (Å²) >= 11 is 0. The highest BCUT2D eigenvalue weighted by molar-refractivity contribution is 5.75. The van der Waals surface area contributed by atoms with Crippen LogP contribution in [0.15, 0.2) is 48.8 Å². The first-order chi connectivity index (χ1) is 12.1. The molecule has 6 nitrogen and oxygen atoms in total. The van der Waals surface area contributed by atoms with Gasteiger partial charge in [-0.2, -0.15) is 0 Å². The molecule has 0 unspecified atom stereocenters. The molecule has 1 aliphatic heterocycles. The van der Waals surface area contributed by atoms with Crippen LogP contribution in [0.25, 0.3) is 0 Å². The molecule has 1 fully saturated rings. The van der Waals surface area contributed by atoms with Gasteiger partial charge in [0.15, 0.2) is 0 Å². The Morgan fingerprint density at radius 2 is 2.08 bits per heavy atom. The number of nitrogens with zero attached hydrogens (tertiary/aromatic N) is 2. The fourth-order valence-corrected chi connectivity index (χ4v) is 3.20. The highest BCUT2D eigenvalue weighted by Crippen LogP contribution is 2.28. The van der Waals surface area contributed by atoms with E-state index >= 15 is 0 Å². The summed E-state index contributed by atoms with van der Waals surface area (Å²) in [6.45, 7) is 1.81. The third kappa shape index (κ3) is 4.55. The van der Waals surface area contributed by atoms with Gasteiger partial charge in [0.05, 0.1) is 12.7 Å². The lowest BCUT2D eigenvalue weighted by atomic mass is 10.00. The van der Waals surface area contributed by atoms with Crippen molar-refractivity contribution in [2.24, 2.45) is 0 Å². The number of pyridine rings is 1. The Bertz CT molecular complexity index is 700. The molecule has 2 N–H and O–H groups in total. The molecular weight excluding hydrogens is 320 g/mol. The summed E-state index contributed by atoms with van der Waals surface area (Å²) in [4.78, 5) is 17.7. The molecule has 1 saturated heterocycles. The summed E-state index contributed by atoms with van der Waals surface area (Å²) in [6, 6.07) is 9.59. The second-order valence-corrected chi connectivity index (χ2v) is 6.24. The molecule has 0 bridgehead atoms. The first-order valence-corrected chi connectivity index (χ1v) is 8.40. The number of phenolic OH excluding ortho intramolecular Hbond substituents is 1. The van der Waals surface area contributed by atoms with Gasteiger partial charge in [-0.3, -0.25) is 14.7 Å². The van der Waals surface area contributed by atoms with Crippen LogP contribution in [0.5, 0.6) is 5.75 Å². The van der Waals surface area contributed by atoms with Gasteiger partial charge in [-0.05, 0) is 42.2 Å². The van der Waals surface area contributed by atoms with Crippen LogP contribution in [0.2, 0.25) is 0 Å². The van der Waals surface area contributed by atoms with Gasteiger partial charge in [-0.25, -0.2) is 0 Å². The Morgan fingerprint density at radius 3 is 2.72 bits per heavy atom. The van der Waals surface area contributed by atoms with E-state index in [0.717, 1.165) is 18.4 Å². The minimum atomic E-state index is -0.902. The standard InChI is InChI=1S/C19H22N2O4/c22-16-5-1-4-15(11-16)18(19(23)24)21-9-6-17(7-10-21)25-13-14-3-2-8-20-12-14/h1-5,8,11-12,17-18,22H,6-7,9-10,13H2,(H,23,24)/t18-/m0/s1. The van der Waals surface area contributed by atoms with E-state index in [-0.39, 0.29) is 11.9 Å². The maximum Gasteiger partial charge on any atom is 0.325 e. The quantitative estimate of drug-likeness (QED) is 0.840. The molecule has 3 rings (SSSR count). The first-order valence-electron chi connectivity index (χ1n) is 8.40. The highest BCUT2D eigenvalue weighted by atomic mass is 16.5. The molecule has 2 heterocycles. The maximum atomic E-state index is 11.7. The monoisotopic (exact) mass is 342 g/mol. The number of benzene rings is 1. The van der Waals surface area contributed by atoms with Crippen molar-refractivity contribution in [1.29, 1.82) is 0 Å². The van der Waals surface area contributed by atoms with E-state index in [0.29, 0.717) is 25.3 Å². The van der Waals surface area contributed by atoms with Crippen molar-refractivity contribution in [1.82, 2.24) is 9.88 Å². The van der Waals surface area contributed by atoms with Crippen molar-refractivity contribution in [2.75, 3.05) is 13.1 Å². The maximum absolute atomic E-state index is 11.7. The Balaban J connectivity index is 1.57. The zero-order valence-electron chi connectivity index (χ0n) is 13.9. The Hall–Kier alpha value is -2.44. The first kappa shape index (κ1) is 17.4. The smallest absolute Gasteiger partial charge is 0.325 e. The van der Waals surface area contributed by atoms with E-state index in [1.54, 1.807) is 30.6 Å². The zero-order chi connectivity index (χ0) is 17.6. The average Bonchev–Trinajstić information content (AvgIpc) is 2.62. The third-order valence-corrected chi connectivity index (χ3v) is 4.47. The van der Waals surface area contributed by atoms with Crippen molar-refractivity contribution in [3.63, 3.8) is 0 Å². The summed E-state index contributed by atoms with van der Waals surface area (Å²) < 4.78 is 5.93. The molecule has 0 aliphatic carbocycles. The van der Waals surface area contributed by atoms with Gasteiger partial charge < -0.3 is 14.9 Å². The summed E-state index contributed by atoms with van der Waals surface area (Å²) in [5, 5.41) is 19.3. The molecule has 132 valence electrons. The van der Waals surface area contributed by atoms with Crippen molar-refractivity contribution in [3.05, 3.63) is 59.9 Å². The number of carboxylic acids is 1. The topological polar surface area (TPSA) is 82.9 Å². The normalized spacial score (nSPS) is 17.3. The predicted molar refractivity (Wildman–Crippen MR) is 92.1 cm³/mol. The van der Waals surface area contributed by atoms with E-state index in [9.17, 15) is 15.0 Å². The van der Waals surface area contributed by atoms with Crippen molar-refractivity contribution in [3.8, 4) is 5.75 Å². The van der Waals surface area contributed by atoms with Crippen LogP contribution in [0.3, 0.4) is 0 Å². The zero-order valence-corrected chi connectivity index (χ0v) is 13.9. The van der Waals surface area contributed by atoms with Crippen LogP contribution >= 0.6 is 0 Å². The number of carboxylic acid groups (broad SMARTS) is 1. The minimum absolute atomic E-state index is 0.0819. The lowest BCUT2D eigenvalue weighted by molar-refractivity contribution is -0.145. The van der Waals surface area contributed by atoms with Gasteiger partial charge >= 0.3 is 5.97 Å². The summed E-state index contributed by atoms with van der Waals surface area (Å²) in [6.07, 6.45) is 5.20. The number of likely N-dealkylation sites (tertiary alicyclic amines) is 1. The van der Waals surface area contributed by atoms with E-state index < -0.39 is 12.0 Å². The fourth-order valence-electron chi connectivity index (χ4n) is 3.20. The van der Waals surface area contributed by atoms with E-state index in [4.69, 9.17) is 4.74 Å². The number of ether oxygens (including phenoxy) is 1. The Kier molecular flexibility index (Phi) is 5.63. The second-order valence-electron chi connectivity index (χ2n) is 6.24. The number of carbonyl (C=O) groups is 1. The summed E-state index contributed by atoms with van der Waals surface area (Å²) in [7, 11) is 0. The van der Waals surface area contributed by atoms with Crippen LogP contribution in [-0.4, -0.2) is 45.3 Å². The number of aromatic hydroxyl groups is 1. The van der Waals surface area contributed by atoms with Crippen LogP contribution in [0, 0.1) is 0 Å². The largest absolute Gasteiger partial charge is 0.508 e. The van der Waals surface area contributed by atoms with Gasteiger partial charge in [0, 0.05) is 25.5 Å². The molecule has 0 amide bonds. The molecule has 0 radical (unpaired) electrons. The van der Waals surface area contributed by atoms with E-state index in [2.05, 4.69) is 4.98 Å². The number of aromatic nitrogens is 1. The van der Waals surface area contributed by atoms with Crippen LogP contribution < -0.4 is 0 Å². The van der Waals surface area contributed by atoms with Gasteiger partial charge in [-0.15, -0.1) is 0 Å². The number of piperidine rings is 1. The fraction of sp³-hybridized carbons (Fsp3) is 0.368. The van der Waals surface area contributed by atoms with Gasteiger partial charge in [0.25, 0.3) is 0 Å². The molecule has 2 aromatic rings. The van der Waals surface area contributed by atoms with E-state index in [1.807, 2.05) is 17.0 Å². The SMILES string of the molecule is O=C(O)[C@H](c1cccc(O)c1)N1CCC(OCc2cccnc2)CC1. The Morgan fingerprint density at radius 1 is 1.28 bits per heavy atom. The van der Waals surface area contributed by atoms with Crippen molar-refractivity contribution < 1.29 is 19.7 Å². The number of hydrogen-bond donors (Lipinski definition) is 2. The van der Waals surface area contributed by atoms with Gasteiger partial charge in [0.1, 0.15) is 11.8 Å². The molecule has 0 spiro atoms. The molecule has 1 aromatic heterocycles. The van der Waals surface area contributed by atoms with Gasteiger partial charge in [0.2, 0.25) is 0 Å². The van der Waals surface area contributed by atoms with E-state index in [1.165, 1.54) is 6.07 Å². The summed E-state index contributed by atoms with van der Waals surface area (Å²) in [5.74, 6) is -0.821. The van der Waals surface area contributed by atoms with Gasteiger partial charge in [-0.1, -0.05) is 18.2 Å². The third-order valence-electron chi connectivity index (χ3n) is 4.47. The minimum Gasteiger partial charge on any atom is -0.508 e. The van der Waals surface area contributed by atoms with Crippen LogP contribution in [0.4, 0.5) is 0 Å².